The summed E-state index contributed by atoms with van der Waals surface area (Å²) in [6.07, 6.45) is 7.44. The lowest BCUT2D eigenvalue weighted by molar-refractivity contribution is -0.0107. The molecule has 2 fully saturated rings. The topological polar surface area (TPSA) is 47.3 Å². The maximum Gasteiger partial charge on any atom is 0.179 e. The van der Waals surface area contributed by atoms with Crippen molar-refractivity contribution in [3.63, 3.8) is 0 Å². The molecule has 3 nitrogen and oxygen atoms in total. The molecule has 1 saturated carbocycles. The van der Waals surface area contributed by atoms with Gasteiger partial charge in [-0.15, -0.1) is 0 Å². The van der Waals surface area contributed by atoms with Gasteiger partial charge in [0.25, 0.3) is 0 Å². The van der Waals surface area contributed by atoms with Crippen LogP contribution in [0.25, 0.3) is 0 Å². The zero-order valence-electron chi connectivity index (χ0n) is 7.82. The number of likely N-dealkylation sites (tertiary alicyclic amines) is 1. The van der Waals surface area contributed by atoms with Crippen molar-refractivity contribution >= 4 is 0 Å². The minimum absolute atomic E-state index is 0.132. The highest BCUT2D eigenvalue weighted by Gasteiger charge is 2.38. The van der Waals surface area contributed by atoms with Crippen LogP contribution in [0.2, 0.25) is 0 Å². The van der Waals surface area contributed by atoms with Crippen molar-refractivity contribution in [1.82, 2.24) is 4.90 Å². The van der Waals surface area contributed by atoms with Gasteiger partial charge in [-0.25, -0.2) is 0 Å². The zero-order chi connectivity index (χ0) is 9.26. The van der Waals surface area contributed by atoms with Gasteiger partial charge >= 0.3 is 0 Å². The molecule has 1 aliphatic heterocycles. The van der Waals surface area contributed by atoms with Crippen molar-refractivity contribution in [2.24, 2.45) is 5.92 Å². The molecule has 0 aromatic rings. The van der Waals surface area contributed by atoms with Crippen LogP contribution < -0.4 is 0 Å². The number of piperidine rings is 1. The van der Waals surface area contributed by atoms with Crippen LogP contribution in [0, 0.1) is 17.4 Å². The Bertz CT molecular complexity index is 221. The third-order valence-corrected chi connectivity index (χ3v) is 3.41. The van der Waals surface area contributed by atoms with Crippen LogP contribution in [0.15, 0.2) is 0 Å². The molecule has 1 aliphatic carbocycles. The maximum absolute atomic E-state index is 9.81. The highest BCUT2D eigenvalue weighted by atomic mass is 16.3. The van der Waals surface area contributed by atoms with Crippen LogP contribution >= 0.6 is 0 Å². The summed E-state index contributed by atoms with van der Waals surface area (Å²) in [4.78, 5) is 1.79. The van der Waals surface area contributed by atoms with E-state index in [1.54, 1.807) is 4.90 Å². The van der Waals surface area contributed by atoms with Crippen molar-refractivity contribution in [1.29, 1.82) is 5.26 Å². The molecule has 3 unspecified atom stereocenters. The minimum Gasteiger partial charge on any atom is -0.391 e. The van der Waals surface area contributed by atoms with E-state index in [2.05, 4.69) is 6.19 Å². The van der Waals surface area contributed by atoms with E-state index in [1.807, 2.05) is 0 Å². The third kappa shape index (κ3) is 1.51. The number of nitriles is 1. The molecule has 13 heavy (non-hydrogen) atoms. The van der Waals surface area contributed by atoms with E-state index in [-0.39, 0.29) is 12.1 Å². The zero-order valence-corrected chi connectivity index (χ0v) is 7.82. The lowest BCUT2D eigenvalue weighted by Crippen LogP contribution is -2.51. The fraction of sp³-hybridized carbons (Fsp3) is 0.900. The molecule has 0 spiro atoms. The predicted octanol–water partition coefficient (Wildman–Crippen LogP) is 1.09. The van der Waals surface area contributed by atoms with Crippen molar-refractivity contribution in [2.45, 2.75) is 44.2 Å². The largest absolute Gasteiger partial charge is 0.391 e. The van der Waals surface area contributed by atoms with Gasteiger partial charge in [-0.3, -0.25) is 0 Å². The minimum atomic E-state index is -0.265. The van der Waals surface area contributed by atoms with Gasteiger partial charge in [-0.1, -0.05) is 6.42 Å². The van der Waals surface area contributed by atoms with Gasteiger partial charge in [0, 0.05) is 6.54 Å². The lowest BCUT2D eigenvalue weighted by Gasteiger charge is -2.43. The van der Waals surface area contributed by atoms with Crippen molar-refractivity contribution in [3.05, 3.63) is 0 Å². The maximum atomic E-state index is 9.81. The fourth-order valence-electron chi connectivity index (χ4n) is 2.81. The fourth-order valence-corrected chi connectivity index (χ4v) is 2.81. The van der Waals surface area contributed by atoms with Crippen LogP contribution in [0.4, 0.5) is 0 Å². The van der Waals surface area contributed by atoms with Gasteiger partial charge in [-0.05, 0) is 31.6 Å². The first-order valence-corrected chi connectivity index (χ1v) is 5.17. The monoisotopic (exact) mass is 180 g/mol. The van der Waals surface area contributed by atoms with Crippen LogP contribution in [-0.2, 0) is 0 Å². The second-order valence-electron chi connectivity index (χ2n) is 4.18. The van der Waals surface area contributed by atoms with Crippen molar-refractivity contribution in [3.8, 4) is 6.19 Å². The first-order valence-electron chi connectivity index (χ1n) is 5.17. The Morgan fingerprint density at radius 1 is 1.23 bits per heavy atom. The molecule has 1 heterocycles. The molecule has 3 heteroatoms. The summed E-state index contributed by atoms with van der Waals surface area (Å²) in [5.41, 5.74) is 0. The summed E-state index contributed by atoms with van der Waals surface area (Å²) < 4.78 is 0. The highest BCUT2D eigenvalue weighted by molar-refractivity contribution is 4.96. The molecule has 2 aliphatic rings. The van der Waals surface area contributed by atoms with Crippen LogP contribution in [-0.4, -0.2) is 28.7 Å². The molecule has 72 valence electrons. The van der Waals surface area contributed by atoms with Gasteiger partial charge < -0.3 is 10.0 Å². The van der Waals surface area contributed by atoms with E-state index in [9.17, 15) is 5.11 Å². The molecule has 3 atom stereocenters. The SMILES string of the molecule is N#CN1CCCC2CCCC(O)C21. The van der Waals surface area contributed by atoms with Gasteiger partial charge in [-0.2, -0.15) is 5.26 Å². The number of fused-ring (bicyclic) bond motifs is 1. The Kier molecular flexibility index (Phi) is 2.41. The van der Waals surface area contributed by atoms with Crippen molar-refractivity contribution < 1.29 is 5.11 Å². The number of nitrogens with zero attached hydrogens (tertiary/aromatic N) is 2. The normalized spacial score (nSPS) is 39.4. The standard InChI is InChI=1S/C10H16N2O/c11-7-12-6-2-4-8-3-1-5-9(13)10(8)12/h8-10,13H,1-6H2. The molecular weight excluding hydrogens is 164 g/mol. The van der Waals surface area contributed by atoms with Crippen LogP contribution in [0.1, 0.15) is 32.1 Å². The van der Waals surface area contributed by atoms with Gasteiger partial charge in [0.1, 0.15) is 0 Å². The molecule has 0 bridgehead atoms. The summed E-state index contributed by atoms with van der Waals surface area (Å²) in [7, 11) is 0. The van der Waals surface area contributed by atoms with Crippen LogP contribution in [0.3, 0.4) is 0 Å². The van der Waals surface area contributed by atoms with E-state index < -0.39 is 0 Å². The Morgan fingerprint density at radius 2 is 2.00 bits per heavy atom. The molecular formula is C10H16N2O. The lowest BCUT2D eigenvalue weighted by atomic mass is 9.77. The first-order chi connectivity index (χ1) is 6.33. The third-order valence-electron chi connectivity index (χ3n) is 3.41. The summed E-state index contributed by atoms with van der Waals surface area (Å²) >= 11 is 0. The van der Waals surface area contributed by atoms with E-state index in [4.69, 9.17) is 5.26 Å². The van der Waals surface area contributed by atoms with E-state index in [1.165, 1.54) is 12.8 Å². The van der Waals surface area contributed by atoms with Crippen molar-refractivity contribution in [2.75, 3.05) is 6.54 Å². The Labute approximate surface area is 79.0 Å². The van der Waals surface area contributed by atoms with E-state index in [0.717, 1.165) is 25.8 Å². The predicted molar refractivity (Wildman–Crippen MR) is 48.7 cm³/mol. The Balaban J connectivity index is 2.12. The molecule has 0 radical (unpaired) electrons. The molecule has 1 N–H and O–H groups in total. The van der Waals surface area contributed by atoms with Gasteiger partial charge in [0.15, 0.2) is 6.19 Å². The highest BCUT2D eigenvalue weighted by Crippen LogP contribution is 2.34. The summed E-state index contributed by atoms with van der Waals surface area (Å²) in [5.74, 6) is 0.567. The van der Waals surface area contributed by atoms with Crippen LogP contribution in [0.5, 0.6) is 0 Å². The van der Waals surface area contributed by atoms with Gasteiger partial charge in [0.05, 0.1) is 12.1 Å². The van der Waals surface area contributed by atoms with E-state index in [0.29, 0.717) is 5.92 Å². The molecule has 1 saturated heterocycles. The number of hydrogen-bond acceptors (Lipinski definition) is 3. The number of hydrogen-bond donors (Lipinski definition) is 1. The Morgan fingerprint density at radius 3 is 2.77 bits per heavy atom. The summed E-state index contributed by atoms with van der Waals surface area (Å²) in [6.45, 7) is 0.842. The Hall–Kier alpha value is -0.750. The quantitative estimate of drug-likeness (QED) is 0.568. The number of aliphatic hydroxyl groups is 1. The average molecular weight is 180 g/mol. The average Bonchev–Trinajstić information content (AvgIpc) is 2.17. The number of rotatable bonds is 0. The number of aliphatic hydroxyl groups excluding tert-OH is 1. The summed E-state index contributed by atoms with van der Waals surface area (Å²) in [5, 5.41) is 18.7. The molecule has 2 rings (SSSR count). The molecule has 0 amide bonds. The van der Waals surface area contributed by atoms with Gasteiger partial charge in [0.2, 0.25) is 0 Å². The smallest absolute Gasteiger partial charge is 0.179 e. The second-order valence-corrected chi connectivity index (χ2v) is 4.18. The van der Waals surface area contributed by atoms with E-state index >= 15 is 0 Å². The second kappa shape index (κ2) is 3.55. The first kappa shape index (κ1) is 8.83. The molecule has 0 aromatic carbocycles. The molecule has 0 aromatic heterocycles. The summed E-state index contributed by atoms with van der Waals surface area (Å²) in [6, 6.07) is 0.132.